The van der Waals surface area contributed by atoms with Gasteiger partial charge in [0, 0.05) is 4.83 Å². The average Bonchev–Trinajstić information content (AvgIpc) is 2.42. The lowest BCUT2D eigenvalue weighted by Crippen LogP contribution is -1.99. The third-order valence-corrected chi connectivity index (χ3v) is 4.39. The van der Waals surface area contributed by atoms with Crippen LogP contribution in [-0.4, -0.2) is 7.11 Å². The molecule has 0 aliphatic carbocycles. The molecule has 19 heavy (non-hydrogen) atoms. The number of hydrogen-bond acceptors (Lipinski definition) is 1. The maximum atomic E-state index is 13.5. The van der Waals surface area contributed by atoms with Gasteiger partial charge in [0.1, 0.15) is 11.6 Å². The summed E-state index contributed by atoms with van der Waals surface area (Å²) in [6.07, 6.45) is 0.741. The van der Waals surface area contributed by atoms with E-state index in [0.29, 0.717) is 4.47 Å². The van der Waals surface area contributed by atoms with Crippen molar-refractivity contribution in [3.8, 4) is 5.75 Å². The molecule has 0 fully saturated rings. The molecule has 1 atom stereocenters. The number of hydrogen-bond donors (Lipinski definition) is 0. The Balaban J connectivity index is 2.20. The summed E-state index contributed by atoms with van der Waals surface area (Å²) in [4.78, 5) is 0.0476. The lowest BCUT2D eigenvalue weighted by Gasteiger charge is -2.13. The lowest BCUT2D eigenvalue weighted by molar-refractivity contribution is 0.409. The Bertz CT molecular complexity index is 572. The minimum absolute atomic E-state index is 0.0476. The summed E-state index contributed by atoms with van der Waals surface area (Å²) in [5, 5.41) is 0. The van der Waals surface area contributed by atoms with Crippen LogP contribution >= 0.6 is 31.9 Å². The quantitative estimate of drug-likeness (QED) is 0.649. The predicted molar refractivity (Wildman–Crippen MR) is 82.5 cm³/mol. The predicted octanol–water partition coefficient (Wildman–Crippen LogP) is 5.28. The summed E-state index contributed by atoms with van der Waals surface area (Å²) in [6, 6.07) is 13.0. The molecule has 2 rings (SSSR count). The molecule has 0 amide bonds. The highest BCUT2D eigenvalue weighted by Gasteiger charge is 2.13. The van der Waals surface area contributed by atoms with Crippen molar-refractivity contribution in [1.29, 1.82) is 0 Å². The van der Waals surface area contributed by atoms with E-state index in [2.05, 4.69) is 31.9 Å². The van der Waals surface area contributed by atoms with Crippen LogP contribution in [0, 0.1) is 5.82 Å². The van der Waals surface area contributed by atoms with Gasteiger partial charge >= 0.3 is 0 Å². The Morgan fingerprint density at radius 3 is 2.63 bits per heavy atom. The summed E-state index contributed by atoms with van der Waals surface area (Å²) >= 11 is 6.77. The Morgan fingerprint density at radius 2 is 1.95 bits per heavy atom. The SMILES string of the molecule is COc1ccccc1CC(Br)c1ccc(Br)c(F)c1. The van der Waals surface area contributed by atoms with Gasteiger partial charge in [-0.25, -0.2) is 4.39 Å². The van der Waals surface area contributed by atoms with Crippen LogP contribution in [0.4, 0.5) is 4.39 Å². The highest BCUT2D eigenvalue weighted by Crippen LogP contribution is 2.32. The Morgan fingerprint density at radius 1 is 1.21 bits per heavy atom. The monoisotopic (exact) mass is 386 g/mol. The van der Waals surface area contributed by atoms with E-state index >= 15 is 0 Å². The summed E-state index contributed by atoms with van der Waals surface area (Å²) in [6.45, 7) is 0. The first-order valence-corrected chi connectivity index (χ1v) is 7.53. The lowest BCUT2D eigenvalue weighted by atomic mass is 10.0. The normalized spacial score (nSPS) is 12.2. The molecule has 0 N–H and O–H groups in total. The maximum absolute atomic E-state index is 13.5. The Kier molecular flexibility index (Phi) is 4.99. The van der Waals surface area contributed by atoms with Crippen molar-refractivity contribution in [3.63, 3.8) is 0 Å². The van der Waals surface area contributed by atoms with Crippen molar-refractivity contribution >= 4 is 31.9 Å². The largest absolute Gasteiger partial charge is 0.496 e. The van der Waals surface area contributed by atoms with E-state index < -0.39 is 0 Å². The van der Waals surface area contributed by atoms with Gasteiger partial charge in [-0.15, -0.1) is 0 Å². The summed E-state index contributed by atoms with van der Waals surface area (Å²) in [7, 11) is 1.65. The molecule has 100 valence electrons. The topological polar surface area (TPSA) is 9.23 Å². The Labute approximate surface area is 129 Å². The fraction of sp³-hybridized carbons (Fsp3) is 0.200. The molecule has 2 aromatic rings. The van der Waals surface area contributed by atoms with Gasteiger partial charge in [-0.2, -0.15) is 0 Å². The van der Waals surface area contributed by atoms with Crippen LogP contribution in [0.1, 0.15) is 16.0 Å². The van der Waals surface area contributed by atoms with E-state index in [1.54, 1.807) is 19.2 Å². The zero-order valence-corrected chi connectivity index (χ0v) is 13.5. The van der Waals surface area contributed by atoms with E-state index in [9.17, 15) is 4.39 Å². The van der Waals surface area contributed by atoms with Crippen LogP contribution in [0.5, 0.6) is 5.75 Å². The number of ether oxygens (including phenoxy) is 1. The fourth-order valence-corrected chi connectivity index (χ4v) is 2.77. The number of para-hydroxylation sites is 1. The van der Waals surface area contributed by atoms with Gasteiger partial charge in [0.25, 0.3) is 0 Å². The van der Waals surface area contributed by atoms with Crippen molar-refractivity contribution in [2.75, 3.05) is 7.11 Å². The molecule has 0 heterocycles. The molecule has 0 spiro atoms. The summed E-state index contributed by atoms with van der Waals surface area (Å²) in [5.41, 5.74) is 2.00. The molecule has 2 aromatic carbocycles. The summed E-state index contributed by atoms with van der Waals surface area (Å²) in [5.74, 6) is 0.603. The smallest absolute Gasteiger partial charge is 0.137 e. The van der Waals surface area contributed by atoms with Crippen molar-refractivity contribution in [1.82, 2.24) is 0 Å². The molecule has 0 aliphatic heterocycles. The van der Waals surface area contributed by atoms with Crippen molar-refractivity contribution in [2.45, 2.75) is 11.2 Å². The van der Waals surface area contributed by atoms with Crippen LogP contribution in [0.15, 0.2) is 46.9 Å². The number of halogens is 3. The second kappa shape index (κ2) is 6.53. The summed E-state index contributed by atoms with van der Waals surface area (Å²) < 4.78 is 19.3. The molecule has 0 aliphatic rings. The first-order valence-electron chi connectivity index (χ1n) is 5.82. The molecular formula is C15H13Br2FO. The molecule has 0 bridgehead atoms. The zero-order valence-electron chi connectivity index (χ0n) is 10.4. The molecule has 1 unspecified atom stereocenters. The third-order valence-electron chi connectivity index (χ3n) is 2.90. The second-order valence-electron chi connectivity index (χ2n) is 4.16. The molecule has 1 nitrogen and oxygen atoms in total. The second-order valence-corrected chi connectivity index (χ2v) is 6.12. The number of benzene rings is 2. The number of rotatable bonds is 4. The van der Waals surface area contributed by atoms with Gasteiger partial charge in [-0.05, 0) is 51.7 Å². The minimum Gasteiger partial charge on any atom is -0.496 e. The van der Waals surface area contributed by atoms with E-state index in [4.69, 9.17) is 4.74 Å². The van der Waals surface area contributed by atoms with E-state index in [1.807, 2.05) is 30.3 Å². The highest BCUT2D eigenvalue weighted by atomic mass is 79.9. The van der Waals surface area contributed by atoms with Gasteiger partial charge in [-0.1, -0.05) is 40.2 Å². The van der Waals surface area contributed by atoms with E-state index in [-0.39, 0.29) is 10.6 Å². The van der Waals surface area contributed by atoms with E-state index in [1.165, 1.54) is 0 Å². The van der Waals surface area contributed by atoms with Crippen molar-refractivity contribution in [3.05, 3.63) is 63.9 Å². The van der Waals surface area contributed by atoms with Crippen LogP contribution in [0.3, 0.4) is 0 Å². The molecule has 0 radical (unpaired) electrons. The third kappa shape index (κ3) is 3.57. The van der Waals surface area contributed by atoms with Gasteiger partial charge in [0.05, 0.1) is 11.6 Å². The van der Waals surface area contributed by atoms with Gasteiger partial charge in [-0.3, -0.25) is 0 Å². The first kappa shape index (κ1) is 14.5. The molecule has 0 aromatic heterocycles. The molecule has 0 saturated carbocycles. The van der Waals surface area contributed by atoms with Gasteiger partial charge in [0.15, 0.2) is 0 Å². The van der Waals surface area contributed by atoms with Crippen LogP contribution in [-0.2, 0) is 6.42 Å². The number of methoxy groups -OCH3 is 1. The average molecular weight is 388 g/mol. The van der Waals surface area contributed by atoms with Crippen molar-refractivity contribution < 1.29 is 9.13 Å². The maximum Gasteiger partial charge on any atom is 0.137 e. The molecular weight excluding hydrogens is 375 g/mol. The van der Waals surface area contributed by atoms with Crippen molar-refractivity contribution in [2.24, 2.45) is 0 Å². The molecule has 0 saturated heterocycles. The number of alkyl halides is 1. The highest BCUT2D eigenvalue weighted by molar-refractivity contribution is 9.10. The zero-order chi connectivity index (χ0) is 13.8. The fourth-order valence-electron chi connectivity index (χ4n) is 1.89. The van der Waals surface area contributed by atoms with Crippen LogP contribution < -0.4 is 4.74 Å². The van der Waals surface area contributed by atoms with Crippen LogP contribution in [0.25, 0.3) is 0 Å². The first-order chi connectivity index (χ1) is 9.11. The van der Waals surface area contributed by atoms with E-state index in [0.717, 1.165) is 23.3 Å². The molecule has 4 heteroatoms. The standard InChI is InChI=1S/C15H13Br2FO/c1-19-15-5-3-2-4-11(15)8-13(17)10-6-7-12(16)14(18)9-10/h2-7,9,13H,8H2,1H3. The van der Waals surface area contributed by atoms with Gasteiger partial charge < -0.3 is 4.74 Å². The van der Waals surface area contributed by atoms with Gasteiger partial charge in [0.2, 0.25) is 0 Å². The van der Waals surface area contributed by atoms with Crippen LogP contribution in [0.2, 0.25) is 0 Å². The minimum atomic E-state index is -0.248. The Hall–Kier alpha value is -0.870.